The summed E-state index contributed by atoms with van der Waals surface area (Å²) in [6.45, 7) is 1.77. The fraction of sp³-hybridized carbons (Fsp3) is 0.133. The zero-order valence-electron chi connectivity index (χ0n) is 11.2. The molecule has 3 aromatic rings. The zero-order valence-corrected chi connectivity index (χ0v) is 11.2. The van der Waals surface area contributed by atoms with Crippen LogP contribution in [0, 0.1) is 6.92 Å². The SMILES string of the molecule is COc1cncc(-c2cccc(-c3nnc(C)o3)c2)c1. The number of hydrogen-bond donors (Lipinski definition) is 0. The number of benzene rings is 1. The van der Waals surface area contributed by atoms with Crippen molar-refractivity contribution in [1.82, 2.24) is 15.2 Å². The summed E-state index contributed by atoms with van der Waals surface area (Å²) in [5, 5.41) is 7.87. The highest BCUT2D eigenvalue weighted by molar-refractivity contribution is 5.69. The number of rotatable bonds is 3. The van der Waals surface area contributed by atoms with Crippen molar-refractivity contribution < 1.29 is 9.15 Å². The molecule has 0 amide bonds. The van der Waals surface area contributed by atoms with Crippen LogP contribution in [0.25, 0.3) is 22.6 Å². The fourth-order valence-electron chi connectivity index (χ4n) is 1.93. The van der Waals surface area contributed by atoms with Gasteiger partial charge in [-0.25, -0.2) is 0 Å². The van der Waals surface area contributed by atoms with Crippen LogP contribution < -0.4 is 4.74 Å². The molecule has 0 bridgehead atoms. The molecule has 2 heterocycles. The van der Waals surface area contributed by atoms with Crippen LogP contribution in [-0.2, 0) is 0 Å². The maximum Gasteiger partial charge on any atom is 0.247 e. The van der Waals surface area contributed by atoms with Gasteiger partial charge in [-0.15, -0.1) is 10.2 Å². The van der Waals surface area contributed by atoms with Gasteiger partial charge in [-0.2, -0.15) is 0 Å². The van der Waals surface area contributed by atoms with Crippen LogP contribution in [0.1, 0.15) is 5.89 Å². The summed E-state index contributed by atoms with van der Waals surface area (Å²) < 4.78 is 10.6. The first-order chi connectivity index (χ1) is 9.76. The molecular weight excluding hydrogens is 254 g/mol. The van der Waals surface area contributed by atoms with E-state index >= 15 is 0 Å². The third-order valence-corrected chi connectivity index (χ3v) is 2.92. The fourth-order valence-corrected chi connectivity index (χ4v) is 1.93. The van der Waals surface area contributed by atoms with Gasteiger partial charge in [0.05, 0.1) is 13.3 Å². The quantitative estimate of drug-likeness (QED) is 0.729. The lowest BCUT2D eigenvalue weighted by atomic mass is 10.0. The minimum atomic E-state index is 0.514. The van der Waals surface area contributed by atoms with E-state index in [0.717, 1.165) is 22.4 Å². The van der Waals surface area contributed by atoms with Crippen LogP contribution in [0.5, 0.6) is 5.75 Å². The summed E-state index contributed by atoms with van der Waals surface area (Å²) in [4.78, 5) is 4.16. The Kier molecular flexibility index (Phi) is 3.16. The molecule has 5 heteroatoms. The van der Waals surface area contributed by atoms with Crippen LogP contribution in [0.3, 0.4) is 0 Å². The van der Waals surface area contributed by atoms with Crippen molar-refractivity contribution in [2.24, 2.45) is 0 Å². The third-order valence-electron chi connectivity index (χ3n) is 2.92. The molecule has 0 saturated carbocycles. The first-order valence-corrected chi connectivity index (χ1v) is 6.16. The van der Waals surface area contributed by atoms with Crippen molar-refractivity contribution in [3.63, 3.8) is 0 Å². The average molecular weight is 267 g/mol. The molecule has 1 aromatic carbocycles. The van der Waals surface area contributed by atoms with Gasteiger partial charge < -0.3 is 9.15 Å². The highest BCUT2D eigenvalue weighted by atomic mass is 16.5. The van der Waals surface area contributed by atoms with Gasteiger partial charge in [-0.3, -0.25) is 4.98 Å². The van der Waals surface area contributed by atoms with E-state index < -0.39 is 0 Å². The molecule has 0 fully saturated rings. The van der Waals surface area contributed by atoms with Crippen LogP contribution in [0.2, 0.25) is 0 Å². The number of aryl methyl sites for hydroxylation is 1. The van der Waals surface area contributed by atoms with Gasteiger partial charge in [0, 0.05) is 24.2 Å². The molecule has 100 valence electrons. The van der Waals surface area contributed by atoms with Gasteiger partial charge in [0.25, 0.3) is 0 Å². The first kappa shape index (κ1) is 12.3. The third kappa shape index (κ3) is 2.38. The van der Waals surface area contributed by atoms with Crippen molar-refractivity contribution in [1.29, 1.82) is 0 Å². The lowest BCUT2D eigenvalue weighted by molar-refractivity contribution is 0.413. The van der Waals surface area contributed by atoms with Crippen molar-refractivity contribution in [3.05, 3.63) is 48.6 Å². The summed E-state index contributed by atoms with van der Waals surface area (Å²) in [7, 11) is 1.62. The Balaban J connectivity index is 2.02. The van der Waals surface area contributed by atoms with Crippen molar-refractivity contribution >= 4 is 0 Å². The van der Waals surface area contributed by atoms with E-state index in [-0.39, 0.29) is 0 Å². The normalized spacial score (nSPS) is 10.5. The number of nitrogens with zero attached hydrogens (tertiary/aromatic N) is 3. The van der Waals surface area contributed by atoms with Gasteiger partial charge >= 0.3 is 0 Å². The number of methoxy groups -OCH3 is 1. The highest BCUT2D eigenvalue weighted by Crippen LogP contribution is 2.27. The summed E-state index contributed by atoms with van der Waals surface area (Å²) in [6, 6.07) is 9.81. The van der Waals surface area contributed by atoms with Crippen LogP contribution in [-0.4, -0.2) is 22.3 Å². The highest BCUT2D eigenvalue weighted by Gasteiger charge is 2.08. The second-order valence-corrected chi connectivity index (χ2v) is 4.32. The largest absolute Gasteiger partial charge is 0.495 e. The van der Waals surface area contributed by atoms with E-state index in [9.17, 15) is 0 Å². The molecule has 0 N–H and O–H groups in total. The monoisotopic (exact) mass is 267 g/mol. The summed E-state index contributed by atoms with van der Waals surface area (Å²) in [6.07, 6.45) is 3.47. The molecule has 0 spiro atoms. The maximum absolute atomic E-state index is 5.44. The van der Waals surface area contributed by atoms with Crippen molar-refractivity contribution in [3.8, 4) is 28.3 Å². The second kappa shape index (κ2) is 5.13. The molecule has 0 aliphatic heterocycles. The predicted molar refractivity (Wildman–Crippen MR) is 74.3 cm³/mol. The minimum Gasteiger partial charge on any atom is -0.495 e. The van der Waals surface area contributed by atoms with Gasteiger partial charge in [-0.1, -0.05) is 12.1 Å². The van der Waals surface area contributed by atoms with Crippen molar-refractivity contribution in [2.75, 3.05) is 7.11 Å². The first-order valence-electron chi connectivity index (χ1n) is 6.16. The van der Waals surface area contributed by atoms with E-state index in [1.807, 2.05) is 30.3 Å². The average Bonchev–Trinajstić information content (AvgIpc) is 2.94. The molecule has 0 saturated heterocycles. The summed E-state index contributed by atoms with van der Waals surface area (Å²) >= 11 is 0. The smallest absolute Gasteiger partial charge is 0.247 e. The Morgan fingerprint density at radius 1 is 1.00 bits per heavy atom. The van der Waals surface area contributed by atoms with Gasteiger partial charge in [0.1, 0.15) is 5.75 Å². The Morgan fingerprint density at radius 3 is 2.60 bits per heavy atom. The second-order valence-electron chi connectivity index (χ2n) is 4.32. The maximum atomic E-state index is 5.44. The zero-order chi connectivity index (χ0) is 13.9. The van der Waals surface area contributed by atoms with Crippen LogP contribution in [0.4, 0.5) is 0 Å². The van der Waals surface area contributed by atoms with Crippen molar-refractivity contribution in [2.45, 2.75) is 6.92 Å². The topological polar surface area (TPSA) is 61.0 Å². The van der Waals surface area contributed by atoms with Gasteiger partial charge in [-0.05, 0) is 23.8 Å². The van der Waals surface area contributed by atoms with Gasteiger partial charge in [0.2, 0.25) is 11.8 Å². The molecule has 0 radical (unpaired) electrons. The molecule has 0 aliphatic rings. The predicted octanol–water partition coefficient (Wildman–Crippen LogP) is 3.12. The van der Waals surface area contributed by atoms with E-state index in [1.165, 1.54) is 0 Å². The molecule has 2 aromatic heterocycles. The molecule has 0 aliphatic carbocycles. The molecule has 3 rings (SSSR count). The van der Waals surface area contributed by atoms with E-state index in [0.29, 0.717) is 11.8 Å². The van der Waals surface area contributed by atoms with Gasteiger partial charge in [0.15, 0.2) is 0 Å². The van der Waals surface area contributed by atoms with E-state index in [1.54, 1.807) is 26.4 Å². The molecule has 0 unspecified atom stereocenters. The Bertz CT molecular complexity index is 737. The lowest BCUT2D eigenvalue weighted by Gasteiger charge is -2.05. The Morgan fingerprint density at radius 2 is 1.85 bits per heavy atom. The standard InChI is InChI=1S/C15H13N3O2/c1-10-17-18-15(20-10)12-5-3-4-11(6-12)13-7-14(19-2)9-16-8-13/h3-9H,1-2H3. The van der Waals surface area contributed by atoms with E-state index in [2.05, 4.69) is 15.2 Å². The van der Waals surface area contributed by atoms with E-state index in [4.69, 9.17) is 9.15 Å². The number of pyridine rings is 1. The number of hydrogen-bond acceptors (Lipinski definition) is 5. The number of ether oxygens (including phenoxy) is 1. The minimum absolute atomic E-state index is 0.514. The molecule has 0 atom stereocenters. The number of aromatic nitrogens is 3. The molecular formula is C15H13N3O2. The Hall–Kier alpha value is -2.69. The van der Waals surface area contributed by atoms with Crippen LogP contribution >= 0.6 is 0 Å². The lowest BCUT2D eigenvalue weighted by Crippen LogP contribution is -1.87. The summed E-state index contributed by atoms with van der Waals surface area (Å²) in [5.41, 5.74) is 2.87. The Labute approximate surface area is 116 Å². The molecule has 5 nitrogen and oxygen atoms in total. The summed E-state index contributed by atoms with van der Waals surface area (Å²) in [5.74, 6) is 1.79. The molecule has 20 heavy (non-hydrogen) atoms. The van der Waals surface area contributed by atoms with Crippen LogP contribution in [0.15, 0.2) is 47.1 Å².